The first-order valence-electron chi connectivity index (χ1n) is 10.9. The first kappa shape index (κ1) is 20.7. The van der Waals surface area contributed by atoms with Crippen molar-refractivity contribution in [3.05, 3.63) is 30.5 Å². The highest BCUT2D eigenvalue weighted by molar-refractivity contribution is 5.60. The van der Waals surface area contributed by atoms with Crippen molar-refractivity contribution in [2.75, 3.05) is 50.2 Å². The largest absolute Gasteiger partial charge is 0.490 e. The molecule has 1 aliphatic carbocycles. The van der Waals surface area contributed by atoms with E-state index in [-0.39, 0.29) is 0 Å². The number of benzene rings is 1. The third-order valence-electron chi connectivity index (χ3n) is 6.03. The van der Waals surface area contributed by atoms with Gasteiger partial charge in [-0.2, -0.15) is 4.98 Å². The smallest absolute Gasteiger partial charge is 0.262 e. The molecule has 1 aromatic heterocycles. The van der Waals surface area contributed by atoms with Gasteiger partial charge < -0.3 is 24.4 Å². The van der Waals surface area contributed by atoms with Gasteiger partial charge in [-0.05, 0) is 48.9 Å². The third kappa shape index (κ3) is 5.33. The van der Waals surface area contributed by atoms with Crippen molar-refractivity contribution in [1.82, 2.24) is 9.97 Å². The molecule has 1 aliphatic heterocycles. The van der Waals surface area contributed by atoms with Crippen molar-refractivity contribution in [2.24, 2.45) is 11.8 Å². The number of methoxy groups -OCH3 is 1. The van der Waals surface area contributed by atoms with Gasteiger partial charge in [-0.15, -0.1) is 0 Å². The minimum absolute atomic E-state index is 0.499. The molecule has 0 unspecified atom stereocenters. The van der Waals surface area contributed by atoms with E-state index < -0.39 is 0 Å². The maximum absolute atomic E-state index is 6.04. The average Bonchev–Trinajstić information content (AvgIpc) is 2.80. The molecule has 2 aliphatic rings. The van der Waals surface area contributed by atoms with Gasteiger partial charge in [-0.1, -0.05) is 19.8 Å². The van der Waals surface area contributed by atoms with E-state index in [1.165, 1.54) is 31.4 Å². The molecule has 1 saturated carbocycles. The van der Waals surface area contributed by atoms with Crippen LogP contribution in [0.1, 0.15) is 32.6 Å². The first-order chi connectivity index (χ1) is 14.7. The van der Waals surface area contributed by atoms with Crippen molar-refractivity contribution >= 4 is 17.3 Å². The molecule has 0 spiro atoms. The summed E-state index contributed by atoms with van der Waals surface area (Å²) < 4.78 is 16.9. The Labute approximate surface area is 178 Å². The summed E-state index contributed by atoms with van der Waals surface area (Å²) in [7, 11) is 1.62. The van der Waals surface area contributed by atoms with Crippen molar-refractivity contribution in [3.8, 4) is 11.6 Å². The molecule has 2 aromatic rings. The van der Waals surface area contributed by atoms with Gasteiger partial charge in [0, 0.05) is 24.5 Å². The number of nitrogens with one attached hydrogen (secondary N) is 1. The van der Waals surface area contributed by atoms with E-state index in [9.17, 15) is 0 Å². The summed E-state index contributed by atoms with van der Waals surface area (Å²) >= 11 is 0. The molecule has 2 heterocycles. The molecular weight excluding hydrogens is 380 g/mol. The van der Waals surface area contributed by atoms with Crippen molar-refractivity contribution < 1.29 is 14.2 Å². The van der Waals surface area contributed by atoms with Crippen LogP contribution >= 0.6 is 0 Å². The number of hydrogen-bond donors (Lipinski definition) is 1. The molecular formula is C23H32N4O3. The SMILES string of the molecule is COc1cnc(Nc2ccc(N3CCOCC3)cc2)nc1OC[C@H]1CC[C@H](C)CC1. The summed E-state index contributed by atoms with van der Waals surface area (Å²) in [5, 5.41) is 3.27. The molecule has 7 nitrogen and oxygen atoms in total. The summed E-state index contributed by atoms with van der Waals surface area (Å²) in [5.74, 6) is 2.98. The predicted octanol–water partition coefficient (Wildman–Crippen LogP) is 4.27. The van der Waals surface area contributed by atoms with Gasteiger partial charge in [-0.25, -0.2) is 4.98 Å². The summed E-state index contributed by atoms with van der Waals surface area (Å²) in [6.07, 6.45) is 6.66. The molecule has 30 heavy (non-hydrogen) atoms. The number of nitrogens with zero attached hydrogens (tertiary/aromatic N) is 3. The molecule has 1 aromatic carbocycles. The Balaban J connectivity index is 1.38. The fourth-order valence-corrected chi connectivity index (χ4v) is 4.06. The van der Waals surface area contributed by atoms with Crippen LogP contribution in [0, 0.1) is 11.8 Å². The minimum atomic E-state index is 0.499. The summed E-state index contributed by atoms with van der Waals surface area (Å²) in [5.41, 5.74) is 2.13. The maximum atomic E-state index is 6.04. The molecule has 7 heteroatoms. The molecule has 1 saturated heterocycles. The monoisotopic (exact) mass is 412 g/mol. The molecule has 162 valence electrons. The molecule has 1 N–H and O–H groups in total. The third-order valence-corrected chi connectivity index (χ3v) is 6.03. The Morgan fingerprint density at radius 2 is 1.83 bits per heavy atom. The van der Waals surface area contributed by atoms with Crippen LogP contribution in [0.5, 0.6) is 11.6 Å². The fraction of sp³-hybridized carbons (Fsp3) is 0.565. The highest BCUT2D eigenvalue weighted by Gasteiger charge is 2.20. The van der Waals surface area contributed by atoms with E-state index in [1.54, 1.807) is 13.3 Å². The van der Waals surface area contributed by atoms with Crippen LogP contribution in [-0.4, -0.2) is 50.0 Å². The van der Waals surface area contributed by atoms with E-state index >= 15 is 0 Å². The molecule has 2 fully saturated rings. The van der Waals surface area contributed by atoms with Crippen molar-refractivity contribution in [2.45, 2.75) is 32.6 Å². The van der Waals surface area contributed by atoms with Gasteiger partial charge in [0.15, 0.2) is 5.75 Å². The number of morpholine rings is 1. The summed E-state index contributed by atoms with van der Waals surface area (Å²) in [4.78, 5) is 11.3. The molecule has 4 rings (SSSR count). The zero-order valence-electron chi connectivity index (χ0n) is 18.0. The van der Waals surface area contributed by atoms with E-state index in [1.807, 2.05) is 12.1 Å². The quantitative estimate of drug-likeness (QED) is 0.728. The maximum Gasteiger partial charge on any atom is 0.262 e. The second kappa shape index (κ2) is 9.98. The van der Waals surface area contributed by atoms with Crippen LogP contribution in [0.3, 0.4) is 0 Å². The topological polar surface area (TPSA) is 68.7 Å². The number of anilines is 3. The Morgan fingerprint density at radius 1 is 1.10 bits per heavy atom. The second-order valence-electron chi connectivity index (χ2n) is 8.28. The van der Waals surface area contributed by atoms with Crippen LogP contribution in [0.2, 0.25) is 0 Å². The van der Waals surface area contributed by atoms with Gasteiger partial charge in [0.1, 0.15) is 0 Å². The van der Waals surface area contributed by atoms with Gasteiger partial charge in [0.25, 0.3) is 5.88 Å². The average molecular weight is 413 g/mol. The predicted molar refractivity (Wildman–Crippen MR) is 118 cm³/mol. The zero-order chi connectivity index (χ0) is 20.8. The lowest BCUT2D eigenvalue weighted by atomic mass is 9.83. The van der Waals surface area contributed by atoms with E-state index in [4.69, 9.17) is 14.2 Å². The van der Waals surface area contributed by atoms with E-state index in [0.29, 0.717) is 30.1 Å². The lowest BCUT2D eigenvalue weighted by Crippen LogP contribution is -2.36. The standard InChI is InChI=1S/C23H32N4O3/c1-17-3-5-18(6-4-17)16-30-22-21(28-2)15-24-23(26-22)25-19-7-9-20(10-8-19)27-11-13-29-14-12-27/h7-10,15,17-18H,3-6,11-14,16H2,1-2H3,(H,24,25,26)/t17-,18-. The summed E-state index contributed by atoms with van der Waals surface area (Å²) in [6, 6.07) is 8.31. The number of ether oxygens (including phenoxy) is 3. The van der Waals surface area contributed by atoms with Gasteiger partial charge >= 0.3 is 0 Å². The van der Waals surface area contributed by atoms with Crippen LogP contribution in [0.25, 0.3) is 0 Å². The minimum Gasteiger partial charge on any atom is -0.490 e. The molecule has 0 bridgehead atoms. The number of hydrogen-bond acceptors (Lipinski definition) is 7. The van der Waals surface area contributed by atoms with Crippen molar-refractivity contribution in [3.63, 3.8) is 0 Å². The molecule has 0 amide bonds. The lowest BCUT2D eigenvalue weighted by molar-refractivity contribution is 0.122. The van der Waals surface area contributed by atoms with Gasteiger partial charge in [0.2, 0.25) is 5.95 Å². The lowest BCUT2D eigenvalue weighted by Gasteiger charge is -2.28. The van der Waals surface area contributed by atoms with Gasteiger partial charge in [-0.3, -0.25) is 0 Å². The van der Waals surface area contributed by atoms with Crippen LogP contribution < -0.4 is 19.7 Å². The Hall–Kier alpha value is -2.54. The van der Waals surface area contributed by atoms with E-state index in [0.717, 1.165) is 37.9 Å². The second-order valence-corrected chi connectivity index (χ2v) is 8.28. The zero-order valence-corrected chi connectivity index (χ0v) is 18.0. The Kier molecular flexibility index (Phi) is 6.89. The molecule has 0 radical (unpaired) electrons. The Bertz CT molecular complexity index is 801. The highest BCUT2D eigenvalue weighted by Crippen LogP contribution is 2.31. The van der Waals surface area contributed by atoms with Crippen LogP contribution in [0.15, 0.2) is 30.5 Å². The molecule has 0 atom stereocenters. The first-order valence-corrected chi connectivity index (χ1v) is 10.9. The van der Waals surface area contributed by atoms with Crippen LogP contribution in [-0.2, 0) is 4.74 Å². The number of aromatic nitrogens is 2. The van der Waals surface area contributed by atoms with E-state index in [2.05, 4.69) is 39.2 Å². The Morgan fingerprint density at radius 3 is 2.53 bits per heavy atom. The van der Waals surface area contributed by atoms with Gasteiger partial charge in [0.05, 0.1) is 33.1 Å². The highest BCUT2D eigenvalue weighted by atomic mass is 16.5. The fourth-order valence-electron chi connectivity index (χ4n) is 4.06. The number of rotatable bonds is 7. The van der Waals surface area contributed by atoms with Crippen LogP contribution in [0.4, 0.5) is 17.3 Å². The van der Waals surface area contributed by atoms with Crippen molar-refractivity contribution in [1.29, 1.82) is 0 Å². The summed E-state index contributed by atoms with van der Waals surface area (Å²) in [6.45, 7) is 6.42. The normalized spacial score (nSPS) is 21.9.